The Morgan fingerprint density at radius 2 is 1.12 bits per heavy atom. The van der Waals surface area contributed by atoms with E-state index in [0.717, 1.165) is 0 Å². The van der Waals surface area contributed by atoms with Crippen LogP contribution in [0.4, 0.5) is 0 Å². The topological polar surface area (TPSA) is 0 Å². The van der Waals surface area contributed by atoms with Crippen LogP contribution in [0.3, 0.4) is 0 Å². The summed E-state index contributed by atoms with van der Waals surface area (Å²) in [6.45, 7) is 8.84. The second kappa shape index (κ2) is 9.76. The predicted molar refractivity (Wildman–Crippen MR) is 74.5 cm³/mol. The van der Waals surface area contributed by atoms with Crippen LogP contribution in [0, 0.1) is 17.3 Å². The summed E-state index contributed by atoms with van der Waals surface area (Å²) in [6, 6.07) is 0. The highest BCUT2D eigenvalue weighted by atomic mass is 14.3. The zero-order valence-electron chi connectivity index (χ0n) is 11.9. The minimum atomic E-state index is 0.344. The fraction of sp³-hybridized carbons (Fsp3) is 0.875. The van der Waals surface area contributed by atoms with E-state index in [0.29, 0.717) is 5.41 Å². The molecule has 0 heteroatoms. The Hall–Kier alpha value is -0.440. The van der Waals surface area contributed by atoms with E-state index in [1.165, 1.54) is 57.8 Å². The minimum absolute atomic E-state index is 0.344. The molecule has 94 valence electrons. The molecule has 0 radical (unpaired) electrons. The molecule has 16 heavy (non-hydrogen) atoms. The van der Waals surface area contributed by atoms with Crippen LogP contribution in [-0.4, -0.2) is 0 Å². The first-order chi connectivity index (χ1) is 7.74. The van der Waals surface area contributed by atoms with E-state index in [4.69, 9.17) is 0 Å². The third kappa shape index (κ3) is 6.21. The molecule has 0 atom stereocenters. The lowest BCUT2D eigenvalue weighted by atomic mass is 9.75. The highest BCUT2D eigenvalue weighted by Gasteiger charge is 2.25. The Morgan fingerprint density at radius 3 is 1.38 bits per heavy atom. The third-order valence-electron chi connectivity index (χ3n) is 3.42. The molecule has 0 heterocycles. The molecule has 0 saturated heterocycles. The molecule has 0 fully saturated rings. The quantitative estimate of drug-likeness (QED) is 0.448. The van der Waals surface area contributed by atoms with Crippen molar-refractivity contribution in [1.82, 2.24) is 0 Å². The van der Waals surface area contributed by atoms with Crippen molar-refractivity contribution in [2.45, 2.75) is 85.5 Å². The molecule has 0 saturated carbocycles. The van der Waals surface area contributed by atoms with Gasteiger partial charge in [0.05, 0.1) is 0 Å². The van der Waals surface area contributed by atoms with Crippen molar-refractivity contribution in [3.63, 3.8) is 0 Å². The molecule has 0 rings (SSSR count). The van der Waals surface area contributed by atoms with Crippen molar-refractivity contribution in [1.29, 1.82) is 0 Å². The maximum absolute atomic E-state index is 3.55. The van der Waals surface area contributed by atoms with Crippen LogP contribution in [-0.2, 0) is 0 Å². The molecular weight excluding hydrogens is 192 g/mol. The molecule has 0 N–H and O–H groups in total. The van der Waals surface area contributed by atoms with E-state index in [-0.39, 0.29) is 0 Å². The molecule has 0 aliphatic rings. The Labute approximate surface area is 103 Å². The van der Waals surface area contributed by atoms with Gasteiger partial charge in [-0.25, -0.2) is 0 Å². The van der Waals surface area contributed by atoms with Crippen molar-refractivity contribution < 1.29 is 0 Å². The summed E-state index contributed by atoms with van der Waals surface area (Å²) in [6.07, 6.45) is 11.8. The van der Waals surface area contributed by atoms with Gasteiger partial charge in [-0.2, -0.15) is 0 Å². The van der Waals surface area contributed by atoms with Gasteiger partial charge in [0.1, 0.15) is 0 Å². The summed E-state index contributed by atoms with van der Waals surface area (Å²) >= 11 is 0. The van der Waals surface area contributed by atoms with Gasteiger partial charge in [0, 0.05) is 5.41 Å². The average Bonchev–Trinajstić information content (AvgIpc) is 2.31. The smallest absolute Gasteiger partial charge is 0.0314 e. The predicted octanol–water partition coefficient (Wildman–Crippen LogP) is 5.57. The van der Waals surface area contributed by atoms with E-state index in [9.17, 15) is 0 Å². The molecule has 0 aliphatic carbocycles. The maximum atomic E-state index is 3.55. The lowest BCUT2D eigenvalue weighted by Gasteiger charge is -2.28. The fourth-order valence-electron chi connectivity index (χ4n) is 2.37. The van der Waals surface area contributed by atoms with Crippen LogP contribution in [0.25, 0.3) is 0 Å². The first kappa shape index (κ1) is 15.6. The van der Waals surface area contributed by atoms with Crippen LogP contribution in [0.5, 0.6) is 0 Å². The lowest BCUT2D eigenvalue weighted by Crippen LogP contribution is -2.19. The monoisotopic (exact) mass is 222 g/mol. The maximum Gasteiger partial charge on any atom is 0.0314 e. The van der Waals surface area contributed by atoms with Gasteiger partial charge in [-0.3, -0.25) is 0 Å². The lowest BCUT2D eigenvalue weighted by molar-refractivity contribution is 0.287. The second-order valence-electron chi connectivity index (χ2n) is 4.97. The molecule has 0 spiro atoms. The molecule has 0 nitrogen and oxygen atoms in total. The van der Waals surface area contributed by atoms with E-state index in [2.05, 4.69) is 32.6 Å². The largest absolute Gasteiger partial charge is 0.106 e. The molecule has 0 aromatic heterocycles. The van der Waals surface area contributed by atoms with Gasteiger partial charge in [-0.05, 0) is 26.2 Å². The molecule has 0 aromatic carbocycles. The standard InChI is InChI=1S/C16H30/c1-5-9-13-16(12-8-4,14-10-6-2)15-11-7-3/h5-7,9-11,13-15H2,1-4H3. The molecular formula is C16H30. The number of hydrogen-bond donors (Lipinski definition) is 0. The number of rotatable bonds is 9. The highest BCUT2D eigenvalue weighted by molar-refractivity contribution is 5.10. The fourth-order valence-corrected chi connectivity index (χ4v) is 2.37. The number of hydrogen-bond acceptors (Lipinski definition) is 0. The Bertz CT molecular complexity index is 182. The Balaban J connectivity index is 4.50. The van der Waals surface area contributed by atoms with Crippen molar-refractivity contribution in [2.24, 2.45) is 5.41 Å². The van der Waals surface area contributed by atoms with Gasteiger partial charge in [0.15, 0.2) is 0 Å². The molecule has 0 bridgehead atoms. The van der Waals surface area contributed by atoms with Crippen LogP contribution >= 0.6 is 0 Å². The van der Waals surface area contributed by atoms with Crippen molar-refractivity contribution >= 4 is 0 Å². The summed E-state index contributed by atoms with van der Waals surface area (Å²) in [5, 5.41) is 0. The van der Waals surface area contributed by atoms with E-state index >= 15 is 0 Å². The van der Waals surface area contributed by atoms with Gasteiger partial charge in [-0.1, -0.05) is 65.2 Å². The van der Waals surface area contributed by atoms with Gasteiger partial charge < -0.3 is 0 Å². The minimum Gasteiger partial charge on any atom is -0.106 e. The SMILES string of the molecule is CC#CC(CCCC)(CCCC)CCCC. The first-order valence-electron chi connectivity index (χ1n) is 7.18. The van der Waals surface area contributed by atoms with Crippen LogP contribution in [0.2, 0.25) is 0 Å². The van der Waals surface area contributed by atoms with Crippen LogP contribution in [0.15, 0.2) is 0 Å². The summed E-state index contributed by atoms with van der Waals surface area (Å²) in [4.78, 5) is 0. The van der Waals surface area contributed by atoms with E-state index < -0.39 is 0 Å². The summed E-state index contributed by atoms with van der Waals surface area (Å²) in [5.74, 6) is 6.74. The van der Waals surface area contributed by atoms with Gasteiger partial charge >= 0.3 is 0 Å². The zero-order valence-corrected chi connectivity index (χ0v) is 11.9. The van der Waals surface area contributed by atoms with Crippen LogP contribution < -0.4 is 0 Å². The Morgan fingerprint density at radius 1 is 0.750 bits per heavy atom. The second-order valence-corrected chi connectivity index (χ2v) is 4.97. The third-order valence-corrected chi connectivity index (χ3v) is 3.42. The van der Waals surface area contributed by atoms with Crippen molar-refractivity contribution in [3.05, 3.63) is 0 Å². The van der Waals surface area contributed by atoms with Gasteiger partial charge in [0.2, 0.25) is 0 Å². The first-order valence-corrected chi connectivity index (χ1v) is 7.18. The zero-order chi connectivity index (χ0) is 12.3. The Kier molecular flexibility index (Phi) is 9.49. The molecule has 0 unspecified atom stereocenters. The molecule has 0 amide bonds. The van der Waals surface area contributed by atoms with Crippen LogP contribution in [0.1, 0.15) is 85.5 Å². The van der Waals surface area contributed by atoms with E-state index in [1.807, 2.05) is 6.92 Å². The van der Waals surface area contributed by atoms with Gasteiger partial charge in [-0.15, -0.1) is 5.92 Å². The normalized spacial score (nSPS) is 11.0. The number of unbranched alkanes of at least 4 members (excludes halogenated alkanes) is 3. The van der Waals surface area contributed by atoms with Gasteiger partial charge in [0.25, 0.3) is 0 Å². The summed E-state index contributed by atoms with van der Waals surface area (Å²) < 4.78 is 0. The summed E-state index contributed by atoms with van der Waals surface area (Å²) in [7, 11) is 0. The highest BCUT2D eigenvalue weighted by Crippen LogP contribution is 2.35. The van der Waals surface area contributed by atoms with Crippen molar-refractivity contribution in [2.75, 3.05) is 0 Å². The molecule has 0 aliphatic heterocycles. The van der Waals surface area contributed by atoms with E-state index in [1.54, 1.807) is 0 Å². The molecule has 0 aromatic rings. The summed E-state index contributed by atoms with van der Waals surface area (Å²) in [5.41, 5.74) is 0.344. The van der Waals surface area contributed by atoms with Crippen molar-refractivity contribution in [3.8, 4) is 11.8 Å². The average molecular weight is 222 g/mol.